The largest absolute Gasteiger partial charge is 0.0928 e. The minimum atomic E-state index is 0.698. The van der Waals surface area contributed by atoms with Crippen molar-refractivity contribution in [3.63, 3.8) is 0 Å². The Kier molecular flexibility index (Phi) is 4.37. The molecule has 0 amide bonds. The van der Waals surface area contributed by atoms with Crippen LogP contribution in [0.3, 0.4) is 0 Å². The zero-order valence-electron chi connectivity index (χ0n) is 7.46. The molecule has 0 aliphatic rings. The highest BCUT2D eigenvalue weighted by Gasteiger charge is 2.02. The Balaban J connectivity index is 2.48. The van der Waals surface area contributed by atoms with Crippen LogP contribution < -0.4 is 0 Å². The molecule has 66 valence electrons. The van der Waals surface area contributed by atoms with E-state index < -0.39 is 0 Å². The van der Waals surface area contributed by atoms with Gasteiger partial charge in [-0.2, -0.15) is 0 Å². The molecular weight excluding hydrogens is 212 g/mol. The van der Waals surface area contributed by atoms with Crippen LogP contribution >= 0.6 is 15.9 Å². The Bertz CT molecular complexity index is 206. The summed E-state index contributed by atoms with van der Waals surface area (Å²) in [5.41, 5.74) is 1.46. The summed E-state index contributed by atoms with van der Waals surface area (Å²) in [5.74, 6) is 0.698. The fourth-order valence-electron chi connectivity index (χ4n) is 1.33. The molecule has 0 saturated carbocycles. The van der Waals surface area contributed by atoms with Gasteiger partial charge < -0.3 is 0 Å². The summed E-state index contributed by atoms with van der Waals surface area (Å²) in [7, 11) is 0. The zero-order chi connectivity index (χ0) is 8.81. The topological polar surface area (TPSA) is 0 Å². The van der Waals surface area contributed by atoms with E-state index in [2.05, 4.69) is 53.2 Å². The van der Waals surface area contributed by atoms with Gasteiger partial charge in [0, 0.05) is 5.33 Å². The van der Waals surface area contributed by atoms with Crippen molar-refractivity contribution in [2.45, 2.75) is 25.7 Å². The molecule has 0 N–H and O–H groups in total. The molecular formula is C11H15Br. The molecule has 1 atom stereocenters. The number of rotatable bonds is 4. The maximum absolute atomic E-state index is 3.45. The zero-order valence-corrected chi connectivity index (χ0v) is 9.05. The summed E-state index contributed by atoms with van der Waals surface area (Å²) in [6, 6.07) is 10.7. The van der Waals surface area contributed by atoms with E-state index in [1.165, 1.54) is 18.4 Å². The molecule has 12 heavy (non-hydrogen) atoms. The van der Waals surface area contributed by atoms with Crippen LogP contribution in [-0.2, 0) is 0 Å². The monoisotopic (exact) mass is 226 g/mol. The van der Waals surface area contributed by atoms with Gasteiger partial charge in [0.1, 0.15) is 0 Å². The van der Waals surface area contributed by atoms with Gasteiger partial charge in [0.05, 0.1) is 0 Å². The Morgan fingerprint density at radius 3 is 2.50 bits per heavy atom. The molecule has 1 heteroatoms. The van der Waals surface area contributed by atoms with Crippen LogP contribution in [0.25, 0.3) is 0 Å². The highest BCUT2D eigenvalue weighted by atomic mass is 79.9. The number of alkyl halides is 1. The van der Waals surface area contributed by atoms with Crippen molar-refractivity contribution in [2.75, 3.05) is 5.33 Å². The average Bonchev–Trinajstić information content (AvgIpc) is 2.15. The normalized spacial score (nSPS) is 12.8. The first-order valence-corrected chi connectivity index (χ1v) is 5.57. The van der Waals surface area contributed by atoms with Crippen LogP contribution in [0.1, 0.15) is 31.2 Å². The SMILES string of the molecule is CC(CCCBr)c1ccccc1. The van der Waals surface area contributed by atoms with Gasteiger partial charge in [-0.25, -0.2) is 0 Å². The summed E-state index contributed by atoms with van der Waals surface area (Å²) >= 11 is 3.45. The summed E-state index contributed by atoms with van der Waals surface area (Å²) in [6.45, 7) is 2.29. The third-order valence-electron chi connectivity index (χ3n) is 2.14. The van der Waals surface area contributed by atoms with E-state index in [9.17, 15) is 0 Å². The Labute approximate surface area is 83.1 Å². The van der Waals surface area contributed by atoms with Crippen LogP contribution in [0.4, 0.5) is 0 Å². The summed E-state index contributed by atoms with van der Waals surface area (Å²) < 4.78 is 0. The Hall–Kier alpha value is -0.300. The number of hydrogen-bond acceptors (Lipinski definition) is 0. The van der Waals surface area contributed by atoms with Crippen molar-refractivity contribution in [3.8, 4) is 0 Å². The maximum Gasteiger partial charge on any atom is 0.00315 e. The molecule has 0 nitrogen and oxygen atoms in total. The minimum absolute atomic E-state index is 0.698. The lowest BCUT2D eigenvalue weighted by molar-refractivity contribution is 0.671. The predicted molar refractivity (Wildman–Crippen MR) is 57.9 cm³/mol. The molecule has 0 aliphatic heterocycles. The number of hydrogen-bond donors (Lipinski definition) is 0. The minimum Gasteiger partial charge on any atom is -0.0928 e. The first-order chi connectivity index (χ1) is 5.84. The maximum atomic E-state index is 3.45. The van der Waals surface area contributed by atoms with Crippen molar-refractivity contribution in [3.05, 3.63) is 35.9 Å². The standard InChI is InChI=1S/C11H15Br/c1-10(6-5-9-12)11-7-3-2-4-8-11/h2-4,7-8,10H,5-6,9H2,1H3. The van der Waals surface area contributed by atoms with Crippen molar-refractivity contribution < 1.29 is 0 Å². The quantitative estimate of drug-likeness (QED) is 0.683. The van der Waals surface area contributed by atoms with E-state index in [4.69, 9.17) is 0 Å². The van der Waals surface area contributed by atoms with Crippen LogP contribution in [-0.4, -0.2) is 5.33 Å². The van der Waals surface area contributed by atoms with Crippen molar-refractivity contribution in [1.82, 2.24) is 0 Å². The first-order valence-electron chi connectivity index (χ1n) is 4.45. The molecule has 0 heterocycles. The fourth-order valence-corrected chi connectivity index (χ4v) is 1.66. The van der Waals surface area contributed by atoms with E-state index in [-0.39, 0.29) is 0 Å². The van der Waals surface area contributed by atoms with Crippen molar-refractivity contribution in [2.24, 2.45) is 0 Å². The molecule has 1 aromatic carbocycles. The second kappa shape index (κ2) is 5.36. The number of halogens is 1. The van der Waals surface area contributed by atoms with Crippen molar-refractivity contribution >= 4 is 15.9 Å². The molecule has 0 fully saturated rings. The molecule has 0 aliphatic carbocycles. The van der Waals surface area contributed by atoms with Gasteiger partial charge in [-0.3, -0.25) is 0 Å². The van der Waals surface area contributed by atoms with Gasteiger partial charge in [-0.15, -0.1) is 0 Å². The van der Waals surface area contributed by atoms with Gasteiger partial charge in [0.25, 0.3) is 0 Å². The fraction of sp³-hybridized carbons (Fsp3) is 0.455. The van der Waals surface area contributed by atoms with Crippen molar-refractivity contribution in [1.29, 1.82) is 0 Å². The third-order valence-corrected chi connectivity index (χ3v) is 2.70. The summed E-state index contributed by atoms with van der Waals surface area (Å²) in [5, 5.41) is 1.12. The lowest BCUT2D eigenvalue weighted by Gasteiger charge is -2.09. The third kappa shape index (κ3) is 2.98. The average molecular weight is 227 g/mol. The lowest BCUT2D eigenvalue weighted by atomic mass is 9.97. The summed E-state index contributed by atoms with van der Waals surface area (Å²) in [4.78, 5) is 0. The van der Waals surface area contributed by atoms with E-state index in [0.29, 0.717) is 5.92 Å². The Morgan fingerprint density at radius 1 is 1.25 bits per heavy atom. The molecule has 0 aromatic heterocycles. The molecule has 1 rings (SSSR count). The smallest absolute Gasteiger partial charge is 0.00315 e. The van der Waals surface area contributed by atoms with E-state index in [0.717, 1.165) is 5.33 Å². The molecule has 0 bridgehead atoms. The first kappa shape index (κ1) is 9.79. The second-order valence-electron chi connectivity index (χ2n) is 3.14. The lowest BCUT2D eigenvalue weighted by Crippen LogP contribution is -1.93. The van der Waals surface area contributed by atoms with E-state index >= 15 is 0 Å². The van der Waals surface area contributed by atoms with Gasteiger partial charge in [-0.1, -0.05) is 53.2 Å². The van der Waals surface area contributed by atoms with Crippen LogP contribution in [0, 0.1) is 0 Å². The van der Waals surface area contributed by atoms with Gasteiger partial charge in [-0.05, 0) is 24.3 Å². The Morgan fingerprint density at radius 2 is 1.92 bits per heavy atom. The van der Waals surface area contributed by atoms with Crippen LogP contribution in [0.5, 0.6) is 0 Å². The second-order valence-corrected chi connectivity index (χ2v) is 3.94. The predicted octanol–water partition coefficient (Wildman–Crippen LogP) is 3.97. The molecule has 1 unspecified atom stereocenters. The summed E-state index contributed by atoms with van der Waals surface area (Å²) in [6.07, 6.45) is 2.53. The van der Waals surface area contributed by atoms with Gasteiger partial charge in [0.15, 0.2) is 0 Å². The van der Waals surface area contributed by atoms with Crippen LogP contribution in [0.15, 0.2) is 30.3 Å². The molecule has 1 aromatic rings. The molecule has 0 spiro atoms. The van der Waals surface area contributed by atoms with Crippen LogP contribution in [0.2, 0.25) is 0 Å². The number of benzene rings is 1. The highest BCUT2D eigenvalue weighted by Crippen LogP contribution is 2.20. The van der Waals surface area contributed by atoms with E-state index in [1.54, 1.807) is 0 Å². The van der Waals surface area contributed by atoms with Gasteiger partial charge >= 0.3 is 0 Å². The molecule has 0 radical (unpaired) electrons. The highest BCUT2D eigenvalue weighted by molar-refractivity contribution is 9.09. The van der Waals surface area contributed by atoms with E-state index in [1.807, 2.05) is 0 Å². The van der Waals surface area contributed by atoms with Gasteiger partial charge in [0.2, 0.25) is 0 Å². The molecule has 0 saturated heterocycles.